The zero-order chi connectivity index (χ0) is 17.7. The molecule has 2 rings (SSSR count). The second-order valence-electron chi connectivity index (χ2n) is 5.90. The molecule has 1 atom stereocenters. The van der Waals surface area contributed by atoms with E-state index in [1.807, 2.05) is 12.2 Å². The highest BCUT2D eigenvalue weighted by atomic mass is 16.5. The first-order valence-corrected chi connectivity index (χ1v) is 8.15. The number of nitrogens with one attached hydrogen (secondary N) is 1. The molecule has 24 heavy (non-hydrogen) atoms. The van der Waals surface area contributed by atoms with E-state index in [4.69, 9.17) is 9.47 Å². The van der Waals surface area contributed by atoms with Crippen molar-refractivity contribution in [1.29, 1.82) is 0 Å². The predicted molar refractivity (Wildman–Crippen MR) is 88.0 cm³/mol. The summed E-state index contributed by atoms with van der Waals surface area (Å²) >= 11 is 0. The van der Waals surface area contributed by atoms with E-state index in [2.05, 4.69) is 4.98 Å². The summed E-state index contributed by atoms with van der Waals surface area (Å²) in [7, 11) is 0. The minimum Gasteiger partial charge on any atom is -0.462 e. The van der Waals surface area contributed by atoms with Crippen molar-refractivity contribution in [2.24, 2.45) is 5.92 Å². The van der Waals surface area contributed by atoms with Crippen LogP contribution in [-0.2, 0) is 14.3 Å². The molecule has 0 spiro atoms. The van der Waals surface area contributed by atoms with Crippen LogP contribution in [0.25, 0.3) is 0 Å². The van der Waals surface area contributed by atoms with E-state index in [-0.39, 0.29) is 36.7 Å². The molecule has 0 radical (unpaired) electrons. The number of rotatable bonds is 7. The molecule has 130 valence electrons. The van der Waals surface area contributed by atoms with Crippen molar-refractivity contribution in [3.05, 3.63) is 34.7 Å². The standard InChI is InChI=1S/C18H23NO5/c1-4-23-18(22)17-12(3)19-11(2)16(17)14(20)10-24-15(21)9-13-7-5-6-8-13/h5,7,13,19H,4,6,8-10H2,1-3H3/t13-/m0/s1. The molecule has 1 aromatic rings. The molecule has 1 N–H and O–H groups in total. The summed E-state index contributed by atoms with van der Waals surface area (Å²) in [5.41, 5.74) is 1.58. The average Bonchev–Trinajstić information content (AvgIpc) is 3.12. The van der Waals surface area contributed by atoms with Gasteiger partial charge in [-0.1, -0.05) is 12.2 Å². The number of carbonyl (C=O) groups excluding carboxylic acids is 3. The van der Waals surface area contributed by atoms with Gasteiger partial charge in [-0.15, -0.1) is 0 Å². The maximum absolute atomic E-state index is 12.4. The molecule has 0 bridgehead atoms. The normalized spacial score (nSPS) is 16.2. The van der Waals surface area contributed by atoms with E-state index in [0.29, 0.717) is 11.4 Å². The fraction of sp³-hybridized carbons (Fsp3) is 0.500. The van der Waals surface area contributed by atoms with Gasteiger partial charge in [0, 0.05) is 11.4 Å². The van der Waals surface area contributed by atoms with Crippen LogP contribution < -0.4 is 0 Å². The van der Waals surface area contributed by atoms with Gasteiger partial charge in [-0.2, -0.15) is 0 Å². The van der Waals surface area contributed by atoms with Crippen molar-refractivity contribution in [1.82, 2.24) is 4.98 Å². The molecule has 0 unspecified atom stereocenters. The van der Waals surface area contributed by atoms with Crippen molar-refractivity contribution in [3.8, 4) is 0 Å². The Bertz CT molecular complexity index is 671. The highest BCUT2D eigenvalue weighted by molar-refractivity contribution is 6.09. The minimum atomic E-state index is -0.551. The number of hydrogen-bond acceptors (Lipinski definition) is 5. The minimum absolute atomic E-state index is 0.193. The van der Waals surface area contributed by atoms with Gasteiger partial charge in [0.15, 0.2) is 6.61 Å². The van der Waals surface area contributed by atoms with E-state index in [1.54, 1.807) is 20.8 Å². The van der Waals surface area contributed by atoms with Gasteiger partial charge in [-0.3, -0.25) is 9.59 Å². The summed E-state index contributed by atoms with van der Waals surface area (Å²) in [5, 5.41) is 0. The first kappa shape index (κ1) is 18.0. The fourth-order valence-corrected chi connectivity index (χ4v) is 2.94. The number of carbonyl (C=O) groups is 3. The molecule has 1 aliphatic carbocycles. The van der Waals surface area contributed by atoms with Crippen LogP contribution in [0.2, 0.25) is 0 Å². The Morgan fingerprint density at radius 2 is 1.88 bits per heavy atom. The molecule has 1 aromatic heterocycles. The zero-order valence-corrected chi connectivity index (χ0v) is 14.3. The number of allylic oxidation sites excluding steroid dienone is 2. The third-order valence-corrected chi connectivity index (χ3v) is 4.04. The quantitative estimate of drug-likeness (QED) is 0.471. The highest BCUT2D eigenvalue weighted by Gasteiger charge is 2.26. The van der Waals surface area contributed by atoms with Gasteiger partial charge in [0.05, 0.1) is 24.2 Å². The van der Waals surface area contributed by atoms with Gasteiger partial charge >= 0.3 is 11.9 Å². The number of ketones is 1. The number of aryl methyl sites for hydroxylation is 2. The monoisotopic (exact) mass is 333 g/mol. The van der Waals surface area contributed by atoms with E-state index >= 15 is 0 Å². The lowest BCUT2D eigenvalue weighted by atomic mass is 10.0. The van der Waals surface area contributed by atoms with Crippen molar-refractivity contribution in [3.63, 3.8) is 0 Å². The lowest BCUT2D eigenvalue weighted by Gasteiger charge is -2.09. The summed E-state index contributed by atoms with van der Waals surface area (Å²) in [6.07, 6.45) is 6.23. The summed E-state index contributed by atoms with van der Waals surface area (Å²) in [4.78, 5) is 39.3. The van der Waals surface area contributed by atoms with Crippen LogP contribution in [0, 0.1) is 19.8 Å². The molecule has 0 saturated heterocycles. The zero-order valence-electron chi connectivity index (χ0n) is 14.3. The Balaban J connectivity index is 2.02. The van der Waals surface area contributed by atoms with Gasteiger partial charge in [0.25, 0.3) is 0 Å². The second-order valence-corrected chi connectivity index (χ2v) is 5.90. The van der Waals surface area contributed by atoms with Gasteiger partial charge in [0.1, 0.15) is 0 Å². The van der Waals surface area contributed by atoms with Crippen LogP contribution in [-0.4, -0.2) is 35.9 Å². The summed E-state index contributed by atoms with van der Waals surface area (Å²) in [5.74, 6) is -1.17. The first-order valence-electron chi connectivity index (χ1n) is 8.15. The van der Waals surface area contributed by atoms with Crippen molar-refractivity contribution >= 4 is 17.7 Å². The summed E-state index contributed by atoms with van der Waals surface area (Å²) in [6.45, 7) is 4.95. The predicted octanol–water partition coefficient (Wildman–Crippen LogP) is 2.89. The van der Waals surface area contributed by atoms with E-state index in [9.17, 15) is 14.4 Å². The smallest absolute Gasteiger partial charge is 0.340 e. The Morgan fingerprint density at radius 3 is 2.50 bits per heavy atom. The third-order valence-electron chi connectivity index (χ3n) is 4.04. The lowest BCUT2D eigenvalue weighted by molar-refractivity contribution is -0.143. The molecule has 1 heterocycles. The van der Waals surface area contributed by atoms with E-state index < -0.39 is 17.7 Å². The Hall–Kier alpha value is -2.37. The SMILES string of the molecule is CCOC(=O)c1c(C)[nH]c(C)c1C(=O)COC(=O)C[C@H]1C=CCC1. The largest absolute Gasteiger partial charge is 0.462 e. The van der Waals surface area contributed by atoms with Crippen LogP contribution in [0.15, 0.2) is 12.2 Å². The van der Waals surface area contributed by atoms with Crippen LogP contribution in [0.1, 0.15) is 58.3 Å². The Labute approximate surface area is 141 Å². The topological polar surface area (TPSA) is 85.5 Å². The van der Waals surface area contributed by atoms with Gasteiger partial charge in [0.2, 0.25) is 5.78 Å². The van der Waals surface area contributed by atoms with Gasteiger partial charge in [-0.05, 0) is 39.5 Å². The Kier molecular flexibility index (Phi) is 5.95. The lowest BCUT2D eigenvalue weighted by Crippen LogP contribution is -2.19. The van der Waals surface area contributed by atoms with Crippen molar-refractivity contribution in [2.75, 3.05) is 13.2 Å². The van der Waals surface area contributed by atoms with Crippen LogP contribution >= 0.6 is 0 Å². The number of Topliss-reactive ketones (excluding diaryl/α,β-unsaturated/α-hetero) is 1. The summed E-state index contributed by atoms with van der Waals surface area (Å²) in [6, 6.07) is 0. The van der Waals surface area contributed by atoms with Crippen LogP contribution in [0.4, 0.5) is 0 Å². The number of H-pyrrole nitrogens is 1. The van der Waals surface area contributed by atoms with Crippen LogP contribution in [0.3, 0.4) is 0 Å². The highest BCUT2D eigenvalue weighted by Crippen LogP contribution is 2.22. The molecule has 0 fully saturated rings. The first-order chi connectivity index (χ1) is 11.4. The van der Waals surface area contributed by atoms with Gasteiger partial charge < -0.3 is 14.5 Å². The van der Waals surface area contributed by atoms with Crippen LogP contribution in [0.5, 0.6) is 0 Å². The number of esters is 2. The molecule has 0 aliphatic heterocycles. The molecule has 6 nitrogen and oxygen atoms in total. The second kappa shape index (κ2) is 7.95. The number of ether oxygens (including phenoxy) is 2. The van der Waals surface area contributed by atoms with E-state index in [1.165, 1.54) is 0 Å². The van der Waals surface area contributed by atoms with E-state index in [0.717, 1.165) is 12.8 Å². The van der Waals surface area contributed by atoms with Gasteiger partial charge in [-0.25, -0.2) is 4.79 Å². The summed E-state index contributed by atoms with van der Waals surface area (Å²) < 4.78 is 10.1. The number of aromatic nitrogens is 1. The molecule has 6 heteroatoms. The molecule has 0 aromatic carbocycles. The molecular weight excluding hydrogens is 310 g/mol. The maximum atomic E-state index is 12.4. The molecular formula is C18H23NO5. The molecule has 0 saturated carbocycles. The third kappa shape index (κ3) is 4.13. The number of aromatic amines is 1. The number of hydrogen-bond donors (Lipinski definition) is 1. The molecule has 1 aliphatic rings. The van der Waals surface area contributed by atoms with Crippen molar-refractivity contribution < 1.29 is 23.9 Å². The Morgan fingerprint density at radius 1 is 1.17 bits per heavy atom. The maximum Gasteiger partial charge on any atom is 0.340 e. The average molecular weight is 333 g/mol. The molecule has 0 amide bonds. The fourth-order valence-electron chi connectivity index (χ4n) is 2.94. The van der Waals surface area contributed by atoms with Crippen molar-refractivity contribution in [2.45, 2.75) is 40.0 Å².